The summed E-state index contributed by atoms with van der Waals surface area (Å²) in [4.78, 5) is 3.97. The highest BCUT2D eigenvalue weighted by Crippen LogP contribution is 2.33. The zero-order chi connectivity index (χ0) is 18.8. The van der Waals surface area contributed by atoms with Gasteiger partial charge in [0.2, 0.25) is 5.82 Å². The number of aryl methyl sites for hydroxylation is 2. The first-order valence-electron chi connectivity index (χ1n) is 9.72. The highest BCUT2D eigenvalue weighted by molar-refractivity contribution is 6.08. The minimum atomic E-state index is 0.588. The molecule has 3 aromatic carbocycles. The van der Waals surface area contributed by atoms with Gasteiger partial charge in [0.1, 0.15) is 5.69 Å². The van der Waals surface area contributed by atoms with Crippen LogP contribution in [0.1, 0.15) is 24.0 Å². The van der Waals surface area contributed by atoms with E-state index in [1.807, 2.05) is 18.2 Å². The van der Waals surface area contributed by atoms with Crippen LogP contribution >= 0.6 is 0 Å². The Morgan fingerprint density at radius 3 is 2.50 bits per heavy atom. The Balaban J connectivity index is 0.000000145. The molecular weight excluding hydrogens is 344 g/mol. The highest BCUT2D eigenvalue weighted by atomic mass is 15.4. The molecule has 3 aliphatic rings. The van der Waals surface area contributed by atoms with Crippen molar-refractivity contribution in [3.05, 3.63) is 84.1 Å². The second-order valence-electron chi connectivity index (χ2n) is 7.12. The Morgan fingerprint density at radius 2 is 1.50 bits per heavy atom. The average molecular weight is 364 g/mol. The van der Waals surface area contributed by atoms with Crippen molar-refractivity contribution in [2.24, 2.45) is 0 Å². The van der Waals surface area contributed by atoms with E-state index in [2.05, 4.69) is 68.9 Å². The van der Waals surface area contributed by atoms with Gasteiger partial charge in [0, 0.05) is 6.20 Å². The summed E-state index contributed by atoms with van der Waals surface area (Å²) in [6.45, 7) is 0. The van der Waals surface area contributed by atoms with Gasteiger partial charge in [-0.2, -0.15) is 0 Å². The smallest absolute Gasteiger partial charge is 0.204 e. The second kappa shape index (κ2) is 7.31. The van der Waals surface area contributed by atoms with E-state index < -0.39 is 0 Å². The normalized spacial score (nSPS) is 13.1. The molecule has 0 bridgehead atoms. The Kier molecular flexibility index (Phi) is 4.37. The van der Waals surface area contributed by atoms with E-state index >= 15 is 0 Å². The van der Waals surface area contributed by atoms with Crippen LogP contribution in [-0.4, -0.2) is 20.4 Å². The fourth-order valence-corrected chi connectivity index (χ4v) is 4.06. The van der Waals surface area contributed by atoms with Crippen LogP contribution in [0, 0.1) is 0 Å². The SMILES string of the molecule is c1ccc2c(c1)ccc1c3c(ccc12)CCCC3.c1ccc2nnnc-2nc1. The average Bonchev–Trinajstić information content (AvgIpc) is 3.09. The van der Waals surface area contributed by atoms with Gasteiger partial charge in [-0.05, 0) is 75.7 Å². The maximum Gasteiger partial charge on any atom is 0.204 e. The third-order valence-electron chi connectivity index (χ3n) is 5.43. The lowest BCUT2D eigenvalue weighted by Gasteiger charge is -2.18. The molecule has 0 N–H and O–H groups in total. The molecule has 0 saturated carbocycles. The standard InChI is InChI=1S/C18H16.C6H4N4/c1-3-7-15-13(5-1)9-11-18-16-8-4-2-6-14(16)10-12-17(15)18;1-2-4-7-6-5(3-1)8-10-9-6/h1,3,5,7,9-12H,2,4,6,8H2;1-4H. The summed E-state index contributed by atoms with van der Waals surface area (Å²) < 4.78 is 0. The third kappa shape index (κ3) is 3.07. The van der Waals surface area contributed by atoms with Crippen molar-refractivity contribution in [1.29, 1.82) is 0 Å². The van der Waals surface area contributed by atoms with Gasteiger partial charge in [-0.1, -0.05) is 54.6 Å². The second-order valence-corrected chi connectivity index (χ2v) is 7.12. The fourth-order valence-electron chi connectivity index (χ4n) is 4.06. The zero-order valence-corrected chi connectivity index (χ0v) is 15.5. The molecule has 0 fully saturated rings. The van der Waals surface area contributed by atoms with E-state index in [0.29, 0.717) is 5.82 Å². The number of benzene rings is 3. The molecule has 1 aliphatic carbocycles. The summed E-state index contributed by atoms with van der Waals surface area (Å²) in [6.07, 6.45) is 6.88. The summed E-state index contributed by atoms with van der Waals surface area (Å²) in [5.74, 6) is 0.588. The number of fused-ring (bicyclic) bond motifs is 6. The van der Waals surface area contributed by atoms with Crippen molar-refractivity contribution >= 4 is 21.5 Å². The van der Waals surface area contributed by atoms with Crippen LogP contribution < -0.4 is 0 Å². The number of aromatic nitrogens is 4. The highest BCUT2D eigenvalue weighted by Gasteiger charge is 2.13. The zero-order valence-electron chi connectivity index (χ0n) is 15.5. The van der Waals surface area contributed by atoms with E-state index in [1.54, 1.807) is 17.3 Å². The molecule has 6 rings (SSSR count). The van der Waals surface area contributed by atoms with Crippen LogP contribution in [0.2, 0.25) is 0 Å². The summed E-state index contributed by atoms with van der Waals surface area (Å²) in [6, 6.07) is 23.5. The van der Waals surface area contributed by atoms with Crippen molar-refractivity contribution < 1.29 is 0 Å². The van der Waals surface area contributed by atoms with Crippen LogP contribution in [-0.2, 0) is 12.8 Å². The minimum Gasteiger partial charge on any atom is -0.234 e. The van der Waals surface area contributed by atoms with Crippen LogP contribution in [0.15, 0.2) is 72.9 Å². The summed E-state index contributed by atoms with van der Waals surface area (Å²) in [5, 5.41) is 16.5. The Labute approximate surface area is 163 Å². The Morgan fingerprint density at radius 1 is 0.643 bits per heavy atom. The van der Waals surface area contributed by atoms with Crippen LogP contribution in [0.25, 0.3) is 33.1 Å². The first kappa shape index (κ1) is 16.8. The lowest BCUT2D eigenvalue weighted by Crippen LogP contribution is -2.02. The van der Waals surface area contributed by atoms with Gasteiger partial charge in [-0.3, -0.25) is 0 Å². The van der Waals surface area contributed by atoms with Gasteiger partial charge >= 0.3 is 0 Å². The lowest BCUT2D eigenvalue weighted by molar-refractivity contribution is 0.690. The molecule has 0 amide bonds. The predicted molar refractivity (Wildman–Crippen MR) is 112 cm³/mol. The summed E-state index contributed by atoms with van der Waals surface area (Å²) in [7, 11) is 0. The summed E-state index contributed by atoms with van der Waals surface area (Å²) in [5.41, 5.74) is 3.90. The molecule has 0 radical (unpaired) electrons. The van der Waals surface area contributed by atoms with Crippen LogP contribution in [0.5, 0.6) is 0 Å². The Bertz CT molecular complexity index is 1200. The first-order chi connectivity index (χ1) is 13.9. The molecule has 3 aromatic rings. The van der Waals surface area contributed by atoms with Gasteiger partial charge in [-0.15, -0.1) is 10.2 Å². The van der Waals surface area contributed by atoms with Crippen molar-refractivity contribution in [2.45, 2.75) is 25.7 Å². The molecule has 2 aliphatic heterocycles. The van der Waals surface area contributed by atoms with Gasteiger partial charge in [-0.25, -0.2) is 4.98 Å². The van der Waals surface area contributed by atoms with Gasteiger partial charge < -0.3 is 0 Å². The molecule has 136 valence electrons. The van der Waals surface area contributed by atoms with E-state index in [1.165, 1.54) is 47.2 Å². The molecule has 4 nitrogen and oxygen atoms in total. The molecule has 28 heavy (non-hydrogen) atoms. The van der Waals surface area contributed by atoms with Gasteiger partial charge in [0.15, 0.2) is 0 Å². The molecule has 0 spiro atoms. The van der Waals surface area contributed by atoms with Crippen molar-refractivity contribution in [2.75, 3.05) is 0 Å². The molecule has 4 heteroatoms. The molecule has 0 atom stereocenters. The van der Waals surface area contributed by atoms with E-state index in [-0.39, 0.29) is 0 Å². The number of rotatable bonds is 0. The molecule has 0 saturated heterocycles. The first-order valence-corrected chi connectivity index (χ1v) is 9.72. The van der Waals surface area contributed by atoms with Gasteiger partial charge in [0.05, 0.1) is 0 Å². The Hall–Kier alpha value is -3.40. The molecule has 0 aromatic heterocycles. The lowest BCUT2D eigenvalue weighted by atomic mass is 9.86. The van der Waals surface area contributed by atoms with Crippen molar-refractivity contribution in [3.63, 3.8) is 0 Å². The maximum absolute atomic E-state index is 3.97. The molecular formula is C24H20N4. The largest absolute Gasteiger partial charge is 0.234 e. The summed E-state index contributed by atoms with van der Waals surface area (Å²) >= 11 is 0. The van der Waals surface area contributed by atoms with E-state index in [9.17, 15) is 0 Å². The predicted octanol–water partition coefficient (Wildman–Crippen LogP) is 5.24. The topological polar surface area (TPSA) is 51.6 Å². The monoisotopic (exact) mass is 364 g/mol. The third-order valence-corrected chi connectivity index (χ3v) is 5.43. The number of hydrogen-bond donors (Lipinski definition) is 0. The van der Waals surface area contributed by atoms with Crippen molar-refractivity contribution in [1.82, 2.24) is 20.4 Å². The quantitative estimate of drug-likeness (QED) is 0.353. The van der Waals surface area contributed by atoms with Crippen LogP contribution in [0.3, 0.4) is 0 Å². The fraction of sp³-hybridized carbons (Fsp3) is 0.167. The number of hydrogen-bond acceptors (Lipinski definition) is 4. The number of nitrogens with zero attached hydrogens (tertiary/aromatic N) is 4. The molecule has 2 heterocycles. The van der Waals surface area contributed by atoms with Gasteiger partial charge in [0.25, 0.3) is 0 Å². The van der Waals surface area contributed by atoms with Crippen molar-refractivity contribution in [3.8, 4) is 11.5 Å². The van der Waals surface area contributed by atoms with E-state index in [4.69, 9.17) is 0 Å². The maximum atomic E-state index is 3.97. The van der Waals surface area contributed by atoms with Crippen LogP contribution in [0.4, 0.5) is 0 Å². The van der Waals surface area contributed by atoms with E-state index in [0.717, 1.165) is 5.69 Å². The minimum absolute atomic E-state index is 0.588. The molecule has 0 unspecified atom stereocenters.